The minimum Gasteiger partial charge on any atom is -0.382 e. The molecule has 0 spiro atoms. The van der Waals surface area contributed by atoms with E-state index < -0.39 is 11.6 Å². The maximum absolute atomic E-state index is 13.1. The largest absolute Gasteiger partial charge is 0.382 e. The fraction of sp³-hybridized carbons (Fsp3) is 0. The molecular weight excluding hydrogens is 272 g/mol. The number of nitrogens with one attached hydrogen (secondary N) is 1. The molecule has 0 saturated carbocycles. The molecule has 8 heteroatoms. The van der Waals surface area contributed by atoms with Gasteiger partial charge in [-0.2, -0.15) is 5.10 Å². The molecule has 0 aliphatic carbocycles. The van der Waals surface area contributed by atoms with Crippen LogP contribution < -0.4 is 5.73 Å². The SMILES string of the molecule is Nc1[nH]nc2ncc(Sc3cc(F)cc(F)c3)nc12. The van der Waals surface area contributed by atoms with Crippen LogP contribution in [-0.2, 0) is 0 Å². The fourth-order valence-electron chi connectivity index (χ4n) is 1.55. The van der Waals surface area contributed by atoms with Crippen molar-refractivity contribution < 1.29 is 8.78 Å². The van der Waals surface area contributed by atoms with Crippen LogP contribution in [0.2, 0.25) is 0 Å². The Hall–Kier alpha value is -2.22. The Kier molecular flexibility index (Phi) is 2.79. The summed E-state index contributed by atoms with van der Waals surface area (Å²) in [7, 11) is 0. The number of H-pyrrole nitrogens is 1. The minimum atomic E-state index is -0.639. The average Bonchev–Trinajstić information content (AvgIpc) is 2.70. The first-order valence-electron chi connectivity index (χ1n) is 5.22. The molecule has 1 aromatic carbocycles. The first-order chi connectivity index (χ1) is 9.11. The summed E-state index contributed by atoms with van der Waals surface area (Å²) in [6.07, 6.45) is 1.47. The Morgan fingerprint density at radius 3 is 2.63 bits per heavy atom. The van der Waals surface area contributed by atoms with Crippen LogP contribution in [0, 0.1) is 11.6 Å². The van der Waals surface area contributed by atoms with Gasteiger partial charge in [-0.15, -0.1) is 0 Å². The maximum atomic E-state index is 13.1. The molecule has 0 atom stereocenters. The van der Waals surface area contributed by atoms with Crippen LogP contribution in [-0.4, -0.2) is 20.2 Å². The highest BCUT2D eigenvalue weighted by atomic mass is 32.2. The Morgan fingerprint density at radius 2 is 1.89 bits per heavy atom. The number of rotatable bonds is 2. The minimum absolute atomic E-state index is 0.301. The molecule has 0 unspecified atom stereocenters. The van der Waals surface area contributed by atoms with Crippen LogP contribution >= 0.6 is 11.8 Å². The van der Waals surface area contributed by atoms with Gasteiger partial charge in [0.05, 0.1) is 6.20 Å². The van der Waals surface area contributed by atoms with E-state index in [1.165, 1.54) is 18.3 Å². The monoisotopic (exact) mass is 279 g/mol. The predicted octanol–water partition coefficient (Wildman–Crippen LogP) is 2.36. The van der Waals surface area contributed by atoms with Gasteiger partial charge in [-0.1, -0.05) is 11.8 Å². The zero-order valence-corrected chi connectivity index (χ0v) is 10.2. The van der Waals surface area contributed by atoms with Crippen LogP contribution in [0.25, 0.3) is 11.2 Å². The number of hydrogen-bond donors (Lipinski definition) is 2. The summed E-state index contributed by atoms with van der Waals surface area (Å²) >= 11 is 1.09. The molecule has 0 bridgehead atoms. The lowest BCUT2D eigenvalue weighted by atomic mass is 10.3. The van der Waals surface area contributed by atoms with Gasteiger partial charge in [0.25, 0.3) is 0 Å². The summed E-state index contributed by atoms with van der Waals surface area (Å²) in [5.41, 5.74) is 6.46. The smallest absolute Gasteiger partial charge is 0.201 e. The van der Waals surface area contributed by atoms with Gasteiger partial charge in [0.1, 0.15) is 22.5 Å². The molecule has 0 aliphatic heterocycles. The van der Waals surface area contributed by atoms with Gasteiger partial charge in [-0.3, -0.25) is 5.10 Å². The summed E-state index contributed by atoms with van der Waals surface area (Å²) in [6, 6.07) is 3.25. The van der Waals surface area contributed by atoms with Gasteiger partial charge in [0.2, 0.25) is 5.65 Å². The number of nitrogen functional groups attached to an aromatic ring is 1. The summed E-state index contributed by atoms with van der Waals surface area (Å²) in [6.45, 7) is 0. The number of aromatic nitrogens is 4. The van der Waals surface area contributed by atoms with E-state index >= 15 is 0 Å². The topological polar surface area (TPSA) is 80.5 Å². The highest BCUT2D eigenvalue weighted by Crippen LogP contribution is 2.28. The number of fused-ring (bicyclic) bond motifs is 1. The molecule has 3 N–H and O–H groups in total. The average molecular weight is 279 g/mol. The molecule has 96 valence electrons. The number of nitrogens with two attached hydrogens (primary N) is 1. The van der Waals surface area contributed by atoms with Crippen LogP contribution in [0.3, 0.4) is 0 Å². The van der Waals surface area contributed by atoms with Crippen LogP contribution in [0.15, 0.2) is 34.3 Å². The lowest BCUT2D eigenvalue weighted by molar-refractivity contribution is 0.577. The van der Waals surface area contributed by atoms with Gasteiger partial charge in [-0.05, 0) is 12.1 Å². The molecule has 2 heterocycles. The van der Waals surface area contributed by atoms with E-state index in [-0.39, 0.29) is 0 Å². The normalized spacial score (nSPS) is 11.1. The molecule has 0 amide bonds. The van der Waals surface area contributed by atoms with Gasteiger partial charge in [0, 0.05) is 11.0 Å². The van der Waals surface area contributed by atoms with E-state index in [0.717, 1.165) is 17.8 Å². The van der Waals surface area contributed by atoms with Crippen molar-refractivity contribution in [3.8, 4) is 0 Å². The van der Waals surface area contributed by atoms with Gasteiger partial charge < -0.3 is 5.73 Å². The third-order valence-electron chi connectivity index (χ3n) is 2.33. The van der Waals surface area contributed by atoms with Gasteiger partial charge in [0.15, 0.2) is 5.52 Å². The van der Waals surface area contributed by atoms with Crippen molar-refractivity contribution in [3.05, 3.63) is 36.0 Å². The second kappa shape index (κ2) is 4.47. The second-order valence-electron chi connectivity index (χ2n) is 3.72. The summed E-state index contributed by atoms with van der Waals surface area (Å²) in [5, 5.41) is 6.88. The molecule has 19 heavy (non-hydrogen) atoms. The van der Waals surface area contributed by atoms with E-state index in [1.54, 1.807) is 0 Å². The number of nitrogens with zero attached hydrogens (tertiary/aromatic N) is 3. The molecule has 3 aromatic rings. The van der Waals surface area contributed by atoms with Crippen LogP contribution in [0.4, 0.5) is 14.6 Å². The first kappa shape index (κ1) is 11.8. The van der Waals surface area contributed by atoms with Gasteiger partial charge >= 0.3 is 0 Å². The molecule has 0 radical (unpaired) electrons. The third-order valence-corrected chi connectivity index (χ3v) is 3.20. The molecule has 0 aliphatic rings. The quantitative estimate of drug-likeness (QED) is 0.752. The van der Waals surface area contributed by atoms with E-state index in [2.05, 4.69) is 20.2 Å². The number of aromatic amines is 1. The Morgan fingerprint density at radius 1 is 1.16 bits per heavy atom. The Balaban J connectivity index is 1.98. The van der Waals surface area contributed by atoms with Crippen molar-refractivity contribution in [3.63, 3.8) is 0 Å². The number of halogens is 2. The summed E-state index contributed by atoms with van der Waals surface area (Å²) < 4.78 is 26.1. The van der Waals surface area contributed by atoms with Crippen molar-refractivity contribution in [2.24, 2.45) is 0 Å². The second-order valence-corrected chi connectivity index (χ2v) is 4.82. The van der Waals surface area contributed by atoms with E-state index in [9.17, 15) is 8.78 Å². The van der Waals surface area contributed by atoms with Crippen LogP contribution in [0.5, 0.6) is 0 Å². The van der Waals surface area contributed by atoms with Crippen molar-refractivity contribution in [2.75, 3.05) is 5.73 Å². The predicted molar refractivity (Wildman–Crippen MR) is 66.6 cm³/mol. The van der Waals surface area contributed by atoms with Crippen molar-refractivity contribution in [2.45, 2.75) is 9.92 Å². The Bertz CT molecular complexity index is 738. The number of anilines is 1. The van der Waals surface area contributed by atoms with Gasteiger partial charge in [-0.25, -0.2) is 18.7 Å². The highest BCUT2D eigenvalue weighted by Gasteiger charge is 2.09. The lowest BCUT2D eigenvalue weighted by Crippen LogP contribution is -1.89. The highest BCUT2D eigenvalue weighted by molar-refractivity contribution is 7.99. The summed E-state index contributed by atoms with van der Waals surface area (Å²) in [5.74, 6) is -0.978. The van der Waals surface area contributed by atoms with Crippen molar-refractivity contribution >= 4 is 28.7 Å². The van der Waals surface area contributed by atoms with Crippen molar-refractivity contribution in [1.29, 1.82) is 0 Å². The number of hydrogen-bond acceptors (Lipinski definition) is 5. The van der Waals surface area contributed by atoms with E-state index in [0.29, 0.717) is 26.9 Å². The molecule has 0 saturated heterocycles. The van der Waals surface area contributed by atoms with Crippen LogP contribution in [0.1, 0.15) is 0 Å². The summed E-state index contributed by atoms with van der Waals surface area (Å²) in [4.78, 5) is 8.67. The fourth-order valence-corrected chi connectivity index (χ4v) is 2.38. The molecule has 0 fully saturated rings. The zero-order valence-electron chi connectivity index (χ0n) is 9.39. The first-order valence-corrected chi connectivity index (χ1v) is 6.04. The molecule has 3 rings (SSSR count). The third kappa shape index (κ3) is 2.34. The molecule has 2 aromatic heterocycles. The number of benzene rings is 1. The standard InChI is InChI=1S/C11H7F2N5S/c12-5-1-6(13)3-7(2-5)19-8-4-15-11-9(16-8)10(14)17-18-11/h1-4H,(H3,14,15,17,18). The maximum Gasteiger partial charge on any atom is 0.201 e. The Labute approximate surface area is 110 Å². The van der Waals surface area contributed by atoms with E-state index in [4.69, 9.17) is 5.73 Å². The molecular formula is C11H7F2N5S. The zero-order chi connectivity index (χ0) is 13.4. The lowest BCUT2D eigenvalue weighted by Gasteiger charge is -2.01. The van der Waals surface area contributed by atoms with E-state index in [1.807, 2.05) is 0 Å². The molecule has 5 nitrogen and oxygen atoms in total. The van der Waals surface area contributed by atoms with Crippen molar-refractivity contribution in [1.82, 2.24) is 20.2 Å².